The second kappa shape index (κ2) is 5.43. The number of carbonyl (C=O) groups is 1. The molecule has 0 radical (unpaired) electrons. The van der Waals surface area contributed by atoms with E-state index in [-0.39, 0.29) is 16.5 Å². The van der Waals surface area contributed by atoms with Crippen LogP contribution in [0, 0.1) is 0 Å². The zero-order valence-electron chi connectivity index (χ0n) is 16.3. The molecule has 0 aliphatic heterocycles. The summed E-state index contributed by atoms with van der Waals surface area (Å²) in [6.45, 7) is 5.51. The Morgan fingerprint density at radius 2 is 1.93 bits per heavy atom. The summed E-state index contributed by atoms with van der Waals surface area (Å²) in [5.41, 5.74) is 0.213. The zero-order chi connectivity index (χ0) is 19.6. The molecule has 144 valence electrons. The Labute approximate surface area is 156 Å². The summed E-state index contributed by atoms with van der Waals surface area (Å²) in [6, 6.07) is 1.85. The first kappa shape index (κ1) is 17.8. The van der Waals surface area contributed by atoms with Crippen molar-refractivity contribution in [3.05, 3.63) is 28.3 Å². The normalized spacial score (nSPS) is 26.1. The first-order valence-corrected chi connectivity index (χ1v) is 8.99. The van der Waals surface area contributed by atoms with Gasteiger partial charge in [0.05, 0.1) is 12.5 Å². The van der Waals surface area contributed by atoms with Crippen LogP contribution < -0.4 is 15.6 Å². The molecule has 3 aliphatic carbocycles. The highest BCUT2D eigenvalue weighted by molar-refractivity contribution is 5.81. The van der Waals surface area contributed by atoms with Crippen LogP contribution in [0.3, 0.4) is 0 Å². The van der Waals surface area contributed by atoms with Gasteiger partial charge in [-0.25, -0.2) is 14.8 Å². The van der Waals surface area contributed by atoms with Crippen molar-refractivity contribution in [1.29, 1.82) is 0 Å². The molecule has 0 aromatic carbocycles. The van der Waals surface area contributed by atoms with Crippen molar-refractivity contribution in [1.82, 2.24) is 19.9 Å². The van der Waals surface area contributed by atoms with Gasteiger partial charge in [-0.2, -0.15) is 0 Å². The standard InChI is InChI=1S/C19H24N4O4/c1-17(2,3)27-16(25)22-19-7-18(8-19,9-19)12-6-11-13(23(4)15(12)24)20-10-21-14(11)26-5/h6,10H,7-9H2,1-5H3,(H,22,25). The van der Waals surface area contributed by atoms with Crippen molar-refractivity contribution in [3.63, 3.8) is 0 Å². The van der Waals surface area contributed by atoms with E-state index in [0.717, 1.165) is 30.2 Å². The van der Waals surface area contributed by atoms with Gasteiger partial charge in [-0.1, -0.05) is 0 Å². The number of nitrogens with zero attached hydrogens (tertiary/aromatic N) is 3. The lowest BCUT2D eigenvalue weighted by Gasteiger charge is -2.70. The maximum atomic E-state index is 12.9. The molecule has 3 aliphatic rings. The average molecular weight is 372 g/mol. The third kappa shape index (κ3) is 2.65. The van der Waals surface area contributed by atoms with Crippen LogP contribution in [0.5, 0.6) is 5.88 Å². The molecular formula is C19H24N4O4. The molecule has 0 unspecified atom stereocenters. The Kier molecular flexibility index (Phi) is 3.57. The number of aromatic nitrogens is 3. The SMILES string of the molecule is COc1ncnc2c1cc(C13CC(NC(=O)OC(C)(C)C)(C1)C3)c(=O)n2C. The van der Waals surface area contributed by atoms with Crippen molar-refractivity contribution < 1.29 is 14.3 Å². The summed E-state index contributed by atoms with van der Waals surface area (Å²) in [7, 11) is 3.26. The Hall–Kier alpha value is -2.64. The first-order chi connectivity index (χ1) is 12.6. The molecule has 0 spiro atoms. The van der Waals surface area contributed by atoms with Crippen LogP contribution >= 0.6 is 0 Å². The summed E-state index contributed by atoms with van der Waals surface area (Å²) in [5, 5.41) is 3.70. The lowest BCUT2D eigenvalue weighted by Crippen LogP contribution is -2.77. The van der Waals surface area contributed by atoms with Crippen molar-refractivity contribution >= 4 is 17.1 Å². The zero-order valence-corrected chi connectivity index (χ0v) is 16.3. The van der Waals surface area contributed by atoms with Crippen LogP contribution in [-0.2, 0) is 17.2 Å². The van der Waals surface area contributed by atoms with Crippen molar-refractivity contribution in [2.24, 2.45) is 7.05 Å². The number of carbonyl (C=O) groups excluding carboxylic acids is 1. The lowest BCUT2D eigenvalue weighted by atomic mass is 9.37. The number of ether oxygens (including phenoxy) is 2. The summed E-state index contributed by atoms with van der Waals surface area (Å²) >= 11 is 0. The molecule has 3 saturated carbocycles. The molecule has 2 aromatic heterocycles. The number of methoxy groups -OCH3 is 1. The number of amides is 1. The van der Waals surface area contributed by atoms with Gasteiger partial charge in [0, 0.05) is 23.6 Å². The van der Waals surface area contributed by atoms with Gasteiger partial charge in [-0.3, -0.25) is 9.36 Å². The molecule has 8 nitrogen and oxygen atoms in total. The van der Waals surface area contributed by atoms with Crippen LogP contribution in [-0.4, -0.2) is 38.9 Å². The van der Waals surface area contributed by atoms with E-state index < -0.39 is 11.7 Å². The highest BCUT2D eigenvalue weighted by Crippen LogP contribution is 2.67. The fraction of sp³-hybridized carbons (Fsp3) is 0.579. The summed E-state index contributed by atoms with van der Waals surface area (Å²) in [5.74, 6) is 0.449. The minimum atomic E-state index is -0.532. The van der Waals surface area contributed by atoms with Crippen molar-refractivity contribution in [3.8, 4) is 5.88 Å². The van der Waals surface area contributed by atoms with E-state index in [1.807, 2.05) is 26.8 Å². The van der Waals surface area contributed by atoms with Crippen LogP contribution in [0.25, 0.3) is 11.0 Å². The number of nitrogens with one attached hydrogen (secondary N) is 1. The van der Waals surface area contributed by atoms with E-state index in [0.29, 0.717) is 11.5 Å². The highest BCUT2D eigenvalue weighted by Gasteiger charge is 2.70. The molecule has 0 saturated heterocycles. The predicted octanol–water partition coefficient (Wildman–Crippen LogP) is 2.04. The minimum absolute atomic E-state index is 0.0613. The highest BCUT2D eigenvalue weighted by atomic mass is 16.6. The monoisotopic (exact) mass is 372 g/mol. The third-order valence-electron chi connectivity index (χ3n) is 5.53. The fourth-order valence-corrected chi connectivity index (χ4v) is 4.52. The number of hydrogen-bond donors (Lipinski definition) is 1. The summed E-state index contributed by atoms with van der Waals surface area (Å²) in [4.78, 5) is 33.3. The van der Waals surface area contributed by atoms with Gasteiger partial charge < -0.3 is 14.8 Å². The Bertz CT molecular complexity index is 985. The van der Waals surface area contributed by atoms with E-state index in [2.05, 4.69) is 15.3 Å². The molecule has 3 fully saturated rings. The largest absolute Gasteiger partial charge is 0.480 e. The molecule has 2 heterocycles. The Morgan fingerprint density at radius 3 is 2.52 bits per heavy atom. The van der Waals surface area contributed by atoms with Crippen LogP contribution in [0.15, 0.2) is 17.2 Å². The number of alkyl carbamates (subject to hydrolysis) is 1. The molecule has 2 aromatic rings. The van der Waals surface area contributed by atoms with Crippen molar-refractivity contribution in [2.45, 2.75) is 56.6 Å². The van der Waals surface area contributed by atoms with Crippen LogP contribution in [0.1, 0.15) is 45.6 Å². The predicted molar refractivity (Wildman–Crippen MR) is 99.0 cm³/mol. The molecular weight excluding hydrogens is 348 g/mol. The van der Waals surface area contributed by atoms with E-state index in [1.54, 1.807) is 18.7 Å². The molecule has 5 rings (SSSR count). The van der Waals surface area contributed by atoms with Gasteiger partial charge in [0.25, 0.3) is 5.56 Å². The van der Waals surface area contributed by atoms with Gasteiger partial charge in [0.2, 0.25) is 5.88 Å². The van der Waals surface area contributed by atoms with Crippen LogP contribution in [0.2, 0.25) is 0 Å². The number of rotatable bonds is 3. The van der Waals surface area contributed by atoms with Crippen LogP contribution in [0.4, 0.5) is 4.79 Å². The minimum Gasteiger partial charge on any atom is -0.480 e. The maximum absolute atomic E-state index is 12.9. The maximum Gasteiger partial charge on any atom is 0.408 e. The summed E-state index contributed by atoms with van der Waals surface area (Å²) in [6.07, 6.45) is 3.18. The Morgan fingerprint density at radius 1 is 1.26 bits per heavy atom. The van der Waals surface area contributed by atoms with E-state index in [1.165, 1.54) is 6.33 Å². The third-order valence-corrected chi connectivity index (χ3v) is 5.53. The first-order valence-electron chi connectivity index (χ1n) is 8.99. The van der Waals surface area contributed by atoms with Gasteiger partial charge in [-0.15, -0.1) is 0 Å². The molecule has 1 N–H and O–H groups in total. The van der Waals surface area contributed by atoms with Gasteiger partial charge >= 0.3 is 6.09 Å². The van der Waals surface area contributed by atoms with Gasteiger partial charge in [0.1, 0.15) is 17.6 Å². The quantitative estimate of drug-likeness (QED) is 0.886. The molecule has 0 atom stereocenters. The van der Waals surface area contributed by atoms with Gasteiger partial charge in [0.15, 0.2) is 0 Å². The van der Waals surface area contributed by atoms with Crippen molar-refractivity contribution in [2.75, 3.05) is 7.11 Å². The molecule has 8 heteroatoms. The lowest BCUT2D eigenvalue weighted by molar-refractivity contribution is -0.0892. The average Bonchev–Trinajstić information content (AvgIpc) is 2.51. The number of pyridine rings is 1. The second-order valence-corrected chi connectivity index (χ2v) is 8.76. The van der Waals surface area contributed by atoms with E-state index in [4.69, 9.17) is 9.47 Å². The smallest absolute Gasteiger partial charge is 0.408 e. The fourth-order valence-electron chi connectivity index (χ4n) is 4.52. The number of fused-ring (bicyclic) bond motifs is 1. The molecule has 2 bridgehead atoms. The summed E-state index contributed by atoms with van der Waals surface area (Å²) < 4.78 is 12.2. The van der Waals surface area contributed by atoms with Gasteiger partial charge in [-0.05, 0) is 46.1 Å². The van der Waals surface area contributed by atoms with E-state index >= 15 is 0 Å². The van der Waals surface area contributed by atoms with E-state index in [9.17, 15) is 9.59 Å². The number of aryl methyl sites for hydroxylation is 1. The molecule has 1 amide bonds. The number of hydrogen-bond acceptors (Lipinski definition) is 6. The topological polar surface area (TPSA) is 95.3 Å². The molecule has 27 heavy (non-hydrogen) atoms. The Balaban J connectivity index is 1.60. The second-order valence-electron chi connectivity index (χ2n) is 8.76.